The lowest BCUT2D eigenvalue weighted by atomic mass is 10.1. The molecule has 2 rings (SSSR count). The van der Waals surface area contributed by atoms with Gasteiger partial charge in [-0.1, -0.05) is 6.92 Å². The van der Waals surface area contributed by atoms with Crippen molar-refractivity contribution in [1.82, 2.24) is 4.90 Å². The Morgan fingerprint density at radius 1 is 1.04 bits per heavy atom. The van der Waals surface area contributed by atoms with Crippen LogP contribution in [0.25, 0.3) is 0 Å². The standard InChI is InChI=1S/C20H24Br2N2O/c1-5-9-24(6-2)13-23-19-10-15(4)20(11-14(19)3)25-16-7-8-17(21)18(22)12-16/h7-8,10-13H,5-6,9H2,1-4H3. The first-order chi connectivity index (χ1) is 11.9. The SMILES string of the molecule is CCCN(C=Nc1cc(C)c(Oc2ccc(Br)c(Br)c2)cc1C)CC. The number of benzene rings is 2. The minimum absolute atomic E-state index is 0.800. The smallest absolute Gasteiger partial charge is 0.130 e. The number of aliphatic imine (C=N–C) groups is 1. The maximum atomic E-state index is 6.05. The molecule has 0 aliphatic rings. The van der Waals surface area contributed by atoms with Gasteiger partial charge in [0.25, 0.3) is 0 Å². The summed E-state index contributed by atoms with van der Waals surface area (Å²) in [4.78, 5) is 6.88. The fourth-order valence-electron chi connectivity index (χ4n) is 2.42. The summed E-state index contributed by atoms with van der Waals surface area (Å²) in [5.41, 5.74) is 3.15. The predicted molar refractivity (Wildman–Crippen MR) is 114 cm³/mol. The first kappa shape index (κ1) is 20.0. The van der Waals surface area contributed by atoms with E-state index in [0.717, 1.165) is 56.8 Å². The van der Waals surface area contributed by atoms with Gasteiger partial charge in [0.1, 0.15) is 11.5 Å². The lowest BCUT2D eigenvalue weighted by Crippen LogP contribution is -2.21. The van der Waals surface area contributed by atoms with Crippen molar-refractivity contribution in [2.75, 3.05) is 13.1 Å². The first-order valence-corrected chi connectivity index (χ1v) is 10.1. The van der Waals surface area contributed by atoms with Crippen LogP contribution in [0.3, 0.4) is 0 Å². The number of hydrogen-bond donors (Lipinski definition) is 0. The second-order valence-corrected chi connectivity index (χ2v) is 7.66. The second-order valence-electron chi connectivity index (χ2n) is 5.96. The van der Waals surface area contributed by atoms with Crippen molar-refractivity contribution in [2.24, 2.45) is 4.99 Å². The van der Waals surface area contributed by atoms with E-state index in [9.17, 15) is 0 Å². The largest absolute Gasteiger partial charge is 0.457 e. The number of hydrogen-bond acceptors (Lipinski definition) is 2. The molecule has 134 valence electrons. The number of aryl methyl sites for hydroxylation is 2. The highest BCUT2D eigenvalue weighted by Crippen LogP contribution is 2.34. The van der Waals surface area contributed by atoms with Gasteiger partial charge in [-0.2, -0.15) is 0 Å². The Kier molecular flexibility index (Phi) is 7.51. The average molecular weight is 468 g/mol. The number of rotatable bonds is 7. The molecule has 0 amide bonds. The van der Waals surface area contributed by atoms with Crippen molar-refractivity contribution in [3.8, 4) is 11.5 Å². The van der Waals surface area contributed by atoms with E-state index in [4.69, 9.17) is 4.74 Å². The molecule has 0 atom stereocenters. The Balaban J connectivity index is 2.21. The van der Waals surface area contributed by atoms with E-state index in [1.54, 1.807) is 0 Å². The molecule has 3 nitrogen and oxygen atoms in total. The van der Waals surface area contributed by atoms with Crippen LogP contribution in [0.4, 0.5) is 5.69 Å². The van der Waals surface area contributed by atoms with Gasteiger partial charge < -0.3 is 9.64 Å². The summed E-state index contributed by atoms with van der Waals surface area (Å²) in [5.74, 6) is 1.65. The highest BCUT2D eigenvalue weighted by atomic mass is 79.9. The van der Waals surface area contributed by atoms with Crippen molar-refractivity contribution in [1.29, 1.82) is 0 Å². The number of ether oxygens (including phenoxy) is 1. The minimum atomic E-state index is 0.800. The fraction of sp³-hybridized carbons (Fsp3) is 0.350. The Morgan fingerprint density at radius 3 is 2.44 bits per heavy atom. The van der Waals surface area contributed by atoms with Crippen LogP contribution < -0.4 is 4.74 Å². The summed E-state index contributed by atoms with van der Waals surface area (Å²) in [6.07, 6.45) is 3.06. The Bertz CT molecular complexity index is 760. The van der Waals surface area contributed by atoms with Crippen LogP contribution in [0, 0.1) is 13.8 Å². The van der Waals surface area contributed by atoms with Gasteiger partial charge in [-0.05, 0) is 101 Å². The molecule has 2 aromatic rings. The second kappa shape index (κ2) is 9.39. The third-order valence-electron chi connectivity index (χ3n) is 3.89. The zero-order chi connectivity index (χ0) is 18.4. The molecule has 0 saturated heterocycles. The molecular weight excluding hydrogens is 444 g/mol. The van der Waals surface area contributed by atoms with Gasteiger partial charge in [-0.25, -0.2) is 4.99 Å². The number of halogens is 2. The molecule has 0 heterocycles. The summed E-state index contributed by atoms with van der Waals surface area (Å²) >= 11 is 6.98. The summed E-state index contributed by atoms with van der Waals surface area (Å²) in [5, 5.41) is 0. The average Bonchev–Trinajstić information content (AvgIpc) is 2.58. The molecule has 25 heavy (non-hydrogen) atoms. The molecule has 0 aliphatic heterocycles. The van der Waals surface area contributed by atoms with E-state index in [-0.39, 0.29) is 0 Å². The molecule has 0 bridgehead atoms. The molecule has 0 radical (unpaired) electrons. The summed E-state index contributed by atoms with van der Waals surface area (Å²) < 4.78 is 8.03. The molecule has 0 fully saturated rings. The molecule has 0 aromatic heterocycles. The van der Waals surface area contributed by atoms with Gasteiger partial charge in [0.2, 0.25) is 0 Å². The zero-order valence-electron chi connectivity index (χ0n) is 15.1. The molecule has 0 saturated carbocycles. The van der Waals surface area contributed by atoms with Crippen molar-refractivity contribution in [3.63, 3.8) is 0 Å². The monoisotopic (exact) mass is 466 g/mol. The zero-order valence-corrected chi connectivity index (χ0v) is 18.3. The summed E-state index contributed by atoms with van der Waals surface area (Å²) in [7, 11) is 0. The van der Waals surface area contributed by atoms with Crippen LogP contribution in [0.2, 0.25) is 0 Å². The van der Waals surface area contributed by atoms with E-state index < -0.39 is 0 Å². The molecule has 0 unspecified atom stereocenters. The van der Waals surface area contributed by atoms with Crippen LogP contribution >= 0.6 is 31.9 Å². The predicted octanol–water partition coefficient (Wildman–Crippen LogP) is 7.01. The van der Waals surface area contributed by atoms with E-state index in [2.05, 4.69) is 68.6 Å². The quantitative estimate of drug-likeness (QED) is 0.323. The molecule has 0 aliphatic carbocycles. The van der Waals surface area contributed by atoms with Gasteiger partial charge in [0.05, 0.1) is 12.0 Å². The van der Waals surface area contributed by atoms with Gasteiger partial charge in [0.15, 0.2) is 0 Å². The summed E-state index contributed by atoms with van der Waals surface area (Å²) in [6, 6.07) is 9.99. The van der Waals surface area contributed by atoms with Crippen molar-refractivity contribution in [2.45, 2.75) is 34.1 Å². The van der Waals surface area contributed by atoms with E-state index in [1.165, 1.54) is 0 Å². The topological polar surface area (TPSA) is 24.8 Å². The first-order valence-electron chi connectivity index (χ1n) is 8.47. The highest BCUT2D eigenvalue weighted by molar-refractivity contribution is 9.13. The summed E-state index contributed by atoms with van der Waals surface area (Å²) in [6.45, 7) is 10.4. The van der Waals surface area contributed by atoms with Gasteiger partial charge >= 0.3 is 0 Å². The number of nitrogens with zero attached hydrogens (tertiary/aromatic N) is 2. The lowest BCUT2D eigenvalue weighted by Gasteiger charge is -2.16. The normalized spacial score (nSPS) is 11.1. The van der Waals surface area contributed by atoms with Gasteiger partial charge in [-0.15, -0.1) is 0 Å². The van der Waals surface area contributed by atoms with Gasteiger partial charge in [-0.3, -0.25) is 0 Å². The van der Waals surface area contributed by atoms with Crippen LogP contribution in [0.5, 0.6) is 11.5 Å². The van der Waals surface area contributed by atoms with Crippen LogP contribution in [0.15, 0.2) is 44.3 Å². The van der Waals surface area contributed by atoms with Crippen LogP contribution in [-0.2, 0) is 0 Å². The maximum absolute atomic E-state index is 6.05. The maximum Gasteiger partial charge on any atom is 0.130 e. The van der Waals surface area contributed by atoms with Gasteiger partial charge in [0, 0.05) is 22.0 Å². The molecule has 0 spiro atoms. The van der Waals surface area contributed by atoms with Crippen LogP contribution in [-0.4, -0.2) is 24.3 Å². The van der Waals surface area contributed by atoms with Crippen molar-refractivity contribution >= 4 is 43.9 Å². The molecule has 2 aromatic carbocycles. The Morgan fingerprint density at radius 2 is 1.80 bits per heavy atom. The van der Waals surface area contributed by atoms with E-state index >= 15 is 0 Å². The minimum Gasteiger partial charge on any atom is -0.457 e. The molecular formula is C20H24Br2N2O. The van der Waals surface area contributed by atoms with Crippen molar-refractivity contribution in [3.05, 3.63) is 50.4 Å². The highest BCUT2D eigenvalue weighted by Gasteiger charge is 2.08. The van der Waals surface area contributed by atoms with E-state index in [1.807, 2.05) is 37.5 Å². The Labute approximate surface area is 167 Å². The molecule has 0 N–H and O–H groups in total. The Hall–Kier alpha value is -1.33. The van der Waals surface area contributed by atoms with Crippen molar-refractivity contribution < 1.29 is 4.74 Å². The lowest BCUT2D eigenvalue weighted by molar-refractivity contribution is 0.452. The van der Waals surface area contributed by atoms with E-state index in [0.29, 0.717) is 0 Å². The molecule has 5 heteroatoms. The third kappa shape index (κ3) is 5.58. The fourth-order valence-corrected chi connectivity index (χ4v) is 3.02. The van der Waals surface area contributed by atoms with Crippen LogP contribution in [0.1, 0.15) is 31.4 Å². The third-order valence-corrected chi connectivity index (χ3v) is 5.77.